The van der Waals surface area contributed by atoms with Crippen LogP contribution >= 0.6 is 34.9 Å². The molecule has 0 saturated carbocycles. The highest BCUT2D eigenvalue weighted by molar-refractivity contribution is 8.00. The van der Waals surface area contributed by atoms with Crippen LogP contribution in [0.4, 0.5) is 0 Å². The Bertz CT molecular complexity index is 1400. The van der Waals surface area contributed by atoms with Crippen molar-refractivity contribution in [3.8, 4) is 0 Å². The van der Waals surface area contributed by atoms with Crippen molar-refractivity contribution in [3.63, 3.8) is 0 Å². The Morgan fingerprint density at radius 2 is 1.89 bits per heavy atom. The first-order valence-electron chi connectivity index (χ1n) is 11.0. The monoisotopic (exact) mass is 545 g/mol. The molecule has 0 aliphatic carbocycles. The van der Waals surface area contributed by atoms with E-state index in [9.17, 15) is 13.2 Å². The predicted octanol–water partition coefficient (Wildman–Crippen LogP) is 3.62. The number of fused-ring (bicyclic) bond motifs is 1. The number of thiazole rings is 1. The van der Waals surface area contributed by atoms with Gasteiger partial charge in [0.05, 0.1) is 39.8 Å². The summed E-state index contributed by atoms with van der Waals surface area (Å²) < 4.78 is 27.5. The van der Waals surface area contributed by atoms with Gasteiger partial charge in [0.1, 0.15) is 5.82 Å². The summed E-state index contributed by atoms with van der Waals surface area (Å²) in [6.45, 7) is 0.592. The second-order valence-electron chi connectivity index (χ2n) is 8.16. The Labute approximate surface area is 215 Å². The van der Waals surface area contributed by atoms with E-state index in [1.807, 2.05) is 53.1 Å². The van der Waals surface area contributed by atoms with E-state index in [1.165, 1.54) is 11.8 Å². The molecular weight excluding hydrogens is 523 g/mol. The Morgan fingerprint density at radius 3 is 2.66 bits per heavy atom. The van der Waals surface area contributed by atoms with Gasteiger partial charge in [0.25, 0.3) is 0 Å². The average Bonchev–Trinajstić information content (AvgIpc) is 3.53. The van der Waals surface area contributed by atoms with Crippen LogP contribution in [0.2, 0.25) is 0 Å². The Balaban J connectivity index is 1.28. The van der Waals surface area contributed by atoms with E-state index in [2.05, 4.69) is 26.6 Å². The number of thioether (sulfide) groups is 2. The molecule has 1 aliphatic heterocycles. The summed E-state index contributed by atoms with van der Waals surface area (Å²) in [4.78, 5) is 17.2. The zero-order valence-corrected chi connectivity index (χ0v) is 21.9. The molecule has 0 bridgehead atoms. The first-order chi connectivity index (χ1) is 16.9. The van der Waals surface area contributed by atoms with Crippen LogP contribution in [0.1, 0.15) is 17.8 Å². The van der Waals surface area contributed by atoms with Crippen LogP contribution in [0, 0.1) is 0 Å². The fourth-order valence-electron chi connectivity index (χ4n) is 3.80. The smallest absolute Gasteiger partial charge is 0.230 e. The van der Waals surface area contributed by atoms with Crippen molar-refractivity contribution in [1.29, 1.82) is 0 Å². The summed E-state index contributed by atoms with van der Waals surface area (Å²) in [5.41, 5.74) is 2.10. The van der Waals surface area contributed by atoms with Gasteiger partial charge in [-0.05, 0) is 24.1 Å². The van der Waals surface area contributed by atoms with Crippen molar-refractivity contribution in [3.05, 3.63) is 66.0 Å². The normalized spacial score (nSPS) is 17.1. The molecular formula is C23H23N5O3S4. The van der Waals surface area contributed by atoms with Crippen LogP contribution in [0.25, 0.3) is 10.2 Å². The number of hydrogen-bond acceptors (Lipinski definition) is 9. The molecule has 1 amide bonds. The molecule has 1 atom stereocenters. The predicted molar refractivity (Wildman–Crippen MR) is 141 cm³/mol. The Kier molecular flexibility index (Phi) is 7.42. The van der Waals surface area contributed by atoms with Gasteiger partial charge in [-0.15, -0.1) is 21.5 Å². The second-order valence-corrected chi connectivity index (χ2v) is 13.6. The van der Waals surface area contributed by atoms with Crippen molar-refractivity contribution in [1.82, 2.24) is 25.1 Å². The summed E-state index contributed by atoms with van der Waals surface area (Å²) in [5, 5.41) is 12.3. The van der Waals surface area contributed by atoms with Crippen LogP contribution in [0.15, 0.2) is 64.1 Å². The van der Waals surface area contributed by atoms with E-state index < -0.39 is 9.84 Å². The molecule has 0 spiro atoms. The number of aromatic nitrogens is 4. The van der Waals surface area contributed by atoms with Gasteiger partial charge in [-0.25, -0.2) is 13.4 Å². The van der Waals surface area contributed by atoms with Gasteiger partial charge in [-0.1, -0.05) is 66.0 Å². The number of amides is 1. The molecule has 5 rings (SSSR count). The van der Waals surface area contributed by atoms with Crippen LogP contribution < -0.4 is 5.32 Å². The second kappa shape index (κ2) is 10.7. The van der Waals surface area contributed by atoms with E-state index in [4.69, 9.17) is 0 Å². The maximum absolute atomic E-state index is 12.5. The van der Waals surface area contributed by atoms with Crippen molar-refractivity contribution in [2.75, 3.05) is 17.3 Å². The molecule has 2 aromatic heterocycles. The molecule has 0 radical (unpaired) electrons. The largest absolute Gasteiger partial charge is 0.352 e. The molecule has 3 heterocycles. The average molecular weight is 546 g/mol. The molecule has 1 fully saturated rings. The Morgan fingerprint density at radius 1 is 1.09 bits per heavy atom. The van der Waals surface area contributed by atoms with Crippen LogP contribution in [-0.4, -0.2) is 57.4 Å². The summed E-state index contributed by atoms with van der Waals surface area (Å²) in [7, 11) is -3.04. The number of rotatable bonds is 9. The maximum Gasteiger partial charge on any atom is 0.230 e. The Hall–Kier alpha value is -2.41. The van der Waals surface area contributed by atoms with Gasteiger partial charge >= 0.3 is 0 Å². The van der Waals surface area contributed by atoms with E-state index in [-0.39, 0.29) is 29.2 Å². The lowest BCUT2D eigenvalue weighted by Crippen LogP contribution is -2.36. The lowest BCUT2D eigenvalue weighted by Gasteiger charge is -2.12. The third kappa shape index (κ3) is 6.24. The minimum absolute atomic E-state index is 0.0146. The van der Waals surface area contributed by atoms with Gasteiger partial charge in [-0.2, -0.15) is 0 Å². The number of carbonyl (C=O) groups excluding carboxylic acids is 1. The third-order valence-electron chi connectivity index (χ3n) is 5.51. The lowest BCUT2D eigenvalue weighted by atomic mass is 10.2. The van der Waals surface area contributed by atoms with Crippen molar-refractivity contribution in [2.24, 2.45) is 0 Å². The summed E-state index contributed by atoms with van der Waals surface area (Å²) in [5.74, 6) is 1.51. The molecule has 2 aromatic carbocycles. The molecule has 182 valence electrons. The number of benzene rings is 2. The number of carbonyl (C=O) groups is 1. The number of para-hydroxylation sites is 1. The van der Waals surface area contributed by atoms with Crippen molar-refractivity contribution >= 4 is 60.8 Å². The fraction of sp³-hybridized carbons (Fsp3) is 0.304. The van der Waals surface area contributed by atoms with E-state index in [0.717, 1.165) is 25.9 Å². The summed E-state index contributed by atoms with van der Waals surface area (Å²) in [6, 6.07) is 17.8. The maximum atomic E-state index is 12.5. The standard InChI is InChI=1S/C23H23N5O3S4/c29-21(24-17-10-11-35(30,31)15-17)14-32-22-27-26-20(28(22)12-16-6-2-1-3-7-16)13-33-23-25-18-8-4-5-9-19(18)34-23/h1-9,17H,10-15H2,(H,24,29)/t17-/m0/s1. The number of hydrogen-bond donors (Lipinski definition) is 1. The zero-order valence-electron chi connectivity index (χ0n) is 18.7. The highest BCUT2D eigenvalue weighted by Crippen LogP contribution is 2.32. The van der Waals surface area contributed by atoms with E-state index in [0.29, 0.717) is 23.9 Å². The number of sulfone groups is 1. The molecule has 35 heavy (non-hydrogen) atoms. The SMILES string of the molecule is O=C(CSc1nnc(CSc2nc3ccccc3s2)n1Cc1ccccc1)N[C@H]1CCS(=O)(=O)C1. The summed E-state index contributed by atoms with van der Waals surface area (Å²) in [6.07, 6.45) is 0.468. The summed E-state index contributed by atoms with van der Waals surface area (Å²) >= 11 is 4.59. The molecule has 1 saturated heterocycles. The fourth-order valence-corrected chi connectivity index (χ4v) is 8.25. The minimum Gasteiger partial charge on any atom is -0.352 e. The third-order valence-corrected chi connectivity index (χ3v) is 10.4. The number of nitrogens with one attached hydrogen (secondary N) is 1. The quantitative estimate of drug-likeness (QED) is 0.318. The first kappa shape index (κ1) is 24.3. The topological polar surface area (TPSA) is 107 Å². The highest BCUT2D eigenvalue weighted by atomic mass is 32.2. The molecule has 1 N–H and O–H groups in total. The van der Waals surface area contributed by atoms with Crippen LogP contribution in [0.5, 0.6) is 0 Å². The highest BCUT2D eigenvalue weighted by Gasteiger charge is 2.29. The van der Waals surface area contributed by atoms with E-state index >= 15 is 0 Å². The molecule has 4 aromatic rings. The van der Waals surface area contributed by atoms with Gasteiger partial charge in [0.2, 0.25) is 5.91 Å². The van der Waals surface area contributed by atoms with Gasteiger partial charge in [0.15, 0.2) is 19.3 Å². The molecule has 8 nitrogen and oxygen atoms in total. The molecule has 1 aliphatic rings. The molecule has 12 heteroatoms. The minimum atomic E-state index is -3.04. The van der Waals surface area contributed by atoms with Gasteiger partial charge < -0.3 is 9.88 Å². The zero-order chi connectivity index (χ0) is 24.3. The first-order valence-corrected chi connectivity index (χ1v) is 15.6. The van der Waals surface area contributed by atoms with E-state index in [1.54, 1.807) is 23.1 Å². The van der Waals surface area contributed by atoms with Gasteiger partial charge in [0, 0.05) is 6.04 Å². The van der Waals surface area contributed by atoms with Crippen molar-refractivity contribution in [2.45, 2.75) is 34.3 Å². The van der Waals surface area contributed by atoms with Crippen LogP contribution in [-0.2, 0) is 26.9 Å². The lowest BCUT2D eigenvalue weighted by molar-refractivity contribution is -0.119. The van der Waals surface area contributed by atoms with Crippen molar-refractivity contribution < 1.29 is 13.2 Å². The molecule has 0 unspecified atom stereocenters. The number of nitrogens with zero attached hydrogens (tertiary/aromatic N) is 4. The van der Waals surface area contributed by atoms with Crippen LogP contribution in [0.3, 0.4) is 0 Å². The van der Waals surface area contributed by atoms with Gasteiger partial charge in [-0.3, -0.25) is 4.79 Å².